The molecule has 0 radical (unpaired) electrons. The van der Waals surface area contributed by atoms with Crippen LogP contribution in [0.25, 0.3) is 0 Å². The standard InChI is InChI=1S/C15H22N2O2/c1-11(16-15-6-5-9-17(15)2)12-7-8-13(18-3)14(10-12)19-4/h7-8,10-11H,5-6,9H2,1-4H3. The first-order chi connectivity index (χ1) is 9.15. The van der Waals surface area contributed by atoms with Crippen LogP contribution in [0.15, 0.2) is 23.2 Å². The summed E-state index contributed by atoms with van der Waals surface area (Å²) >= 11 is 0. The molecule has 1 fully saturated rings. The Kier molecular flexibility index (Phi) is 4.30. The molecule has 0 saturated carbocycles. The number of hydrogen-bond acceptors (Lipinski definition) is 3. The molecule has 0 amide bonds. The topological polar surface area (TPSA) is 34.1 Å². The molecule has 1 aliphatic rings. The second kappa shape index (κ2) is 5.95. The van der Waals surface area contributed by atoms with Gasteiger partial charge in [-0.3, -0.25) is 4.99 Å². The van der Waals surface area contributed by atoms with Crippen LogP contribution in [-0.4, -0.2) is 38.5 Å². The molecule has 0 aromatic heterocycles. The molecule has 2 rings (SSSR count). The minimum atomic E-state index is 0.135. The Morgan fingerprint density at radius 2 is 1.95 bits per heavy atom. The summed E-state index contributed by atoms with van der Waals surface area (Å²) in [4.78, 5) is 7.04. The average molecular weight is 262 g/mol. The summed E-state index contributed by atoms with van der Waals surface area (Å²) in [5.41, 5.74) is 1.14. The zero-order chi connectivity index (χ0) is 13.8. The van der Waals surface area contributed by atoms with Gasteiger partial charge in [-0.25, -0.2) is 0 Å². The monoisotopic (exact) mass is 262 g/mol. The highest BCUT2D eigenvalue weighted by Crippen LogP contribution is 2.31. The lowest BCUT2D eigenvalue weighted by Crippen LogP contribution is -2.19. The highest BCUT2D eigenvalue weighted by Gasteiger charge is 2.16. The van der Waals surface area contributed by atoms with E-state index in [1.165, 1.54) is 12.3 Å². The van der Waals surface area contributed by atoms with Crippen molar-refractivity contribution in [2.24, 2.45) is 4.99 Å². The Bertz CT molecular complexity index is 471. The van der Waals surface area contributed by atoms with Crippen molar-refractivity contribution < 1.29 is 9.47 Å². The zero-order valence-corrected chi connectivity index (χ0v) is 12.1. The van der Waals surface area contributed by atoms with Crippen molar-refractivity contribution in [3.8, 4) is 11.5 Å². The lowest BCUT2D eigenvalue weighted by Gasteiger charge is -2.16. The van der Waals surface area contributed by atoms with E-state index in [2.05, 4.69) is 18.9 Å². The molecule has 0 N–H and O–H groups in total. The number of benzene rings is 1. The lowest BCUT2D eigenvalue weighted by atomic mass is 10.1. The van der Waals surface area contributed by atoms with Gasteiger partial charge in [0.1, 0.15) is 0 Å². The van der Waals surface area contributed by atoms with Crippen LogP contribution < -0.4 is 9.47 Å². The summed E-state index contributed by atoms with van der Waals surface area (Å²) in [6, 6.07) is 6.12. The fourth-order valence-electron chi connectivity index (χ4n) is 2.37. The third-order valence-electron chi connectivity index (χ3n) is 3.57. The molecule has 1 unspecified atom stereocenters. The van der Waals surface area contributed by atoms with Crippen molar-refractivity contribution in [1.82, 2.24) is 4.90 Å². The second-order valence-electron chi connectivity index (χ2n) is 4.86. The minimum absolute atomic E-state index is 0.135. The number of methoxy groups -OCH3 is 2. The van der Waals surface area contributed by atoms with Gasteiger partial charge in [0, 0.05) is 20.0 Å². The van der Waals surface area contributed by atoms with Gasteiger partial charge in [0.2, 0.25) is 0 Å². The van der Waals surface area contributed by atoms with E-state index in [0.29, 0.717) is 0 Å². The van der Waals surface area contributed by atoms with E-state index >= 15 is 0 Å². The van der Waals surface area contributed by atoms with Gasteiger partial charge in [0.25, 0.3) is 0 Å². The van der Waals surface area contributed by atoms with Crippen LogP contribution in [0.4, 0.5) is 0 Å². The van der Waals surface area contributed by atoms with Crippen molar-refractivity contribution in [3.05, 3.63) is 23.8 Å². The molecule has 1 saturated heterocycles. The van der Waals surface area contributed by atoms with Crippen LogP contribution in [-0.2, 0) is 0 Å². The van der Waals surface area contributed by atoms with Gasteiger partial charge in [0.15, 0.2) is 11.5 Å². The predicted octanol–water partition coefficient (Wildman–Crippen LogP) is 2.89. The molecule has 1 heterocycles. The van der Waals surface area contributed by atoms with E-state index in [9.17, 15) is 0 Å². The number of nitrogens with zero attached hydrogens (tertiary/aromatic N) is 2. The molecule has 4 nitrogen and oxygen atoms in total. The van der Waals surface area contributed by atoms with E-state index in [1.807, 2.05) is 18.2 Å². The number of likely N-dealkylation sites (tertiary alicyclic amines) is 1. The van der Waals surface area contributed by atoms with Crippen molar-refractivity contribution in [2.75, 3.05) is 27.8 Å². The summed E-state index contributed by atoms with van der Waals surface area (Å²) in [5.74, 6) is 2.71. The maximum atomic E-state index is 5.33. The van der Waals surface area contributed by atoms with Gasteiger partial charge < -0.3 is 14.4 Å². The van der Waals surface area contributed by atoms with E-state index in [4.69, 9.17) is 14.5 Å². The Morgan fingerprint density at radius 1 is 1.21 bits per heavy atom. The van der Waals surface area contributed by atoms with E-state index in [-0.39, 0.29) is 6.04 Å². The Hall–Kier alpha value is -1.71. The van der Waals surface area contributed by atoms with Crippen molar-refractivity contribution >= 4 is 5.84 Å². The highest BCUT2D eigenvalue weighted by molar-refractivity contribution is 5.84. The van der Waals surface area contributed by atoms with Gasteiger partial charge in [-0.1, -0.05) is 6.07 Å². The fourth-order valence-corrected chi connectivity index (χ4v) is 2.37. The molecule has 19 heavy (non-hydrogen) atoms. The molecule has 0 spiro atoms. The van der Waals surface area contributed by atoms with Gasteiger partial charge >= 0.3 is 0 Å². The molecule has 104 valence electrons. The molecule has 1 atom stereocenters. The number of aliphatic imine (C=N–C) groups is 1. The van der Waals surface area contributed by atoms with E-state index in [0.717, 1.165) is 30.0 Å². The summed E-state index contributed by atoms with van der Waals surface area (Å²) in [6.45, 7) is 3.22. The zero-order valence-electron chi connectivity index (χ0n) is 12.1. The van der Waals surface area contributed by atoms with Crippen LogP contribution in [0.5, 0.6) is 11.5 Å². The third-order valence-corrected chi connectivity index (χ3v) is 3.57. The second-order valence-corrected chi connectivity index (χ2v) is 4.86. The number of amidine groups is 1. The van der Waals surface area contributed by atoms with Gasteiger partial charge in [-0.15, -0.1) is 0 Å². The largest absolute Gasteiger partial charge is 0.493 e. The SMILES string of the molecule is COc1ccc(C(C)N=C2CCCN2C)cc1OC. The lowest BCUT2D eigenvalue weighted by molar-refractivity contribution is 0.354. The van der Waals surface area contributed by atoms with Crippen LogP contribution in [0.2, 0.25) is 0 Å². The number of ether oxygens (including phenoxy) is 2. The maximum Gasteiger partial charge on any atom is 0.161 e. The van der Waals surface area contributed by atoms with E-state index < -0.39 is 0 Å². The van der Waals surface area contributed by atoms with Crippen LogP contribution in [0.1, 0.15) is 31.4 Å². The highest BCUT2D eigenvalue weighted by atomic mass is 16.5. The number of rotatable bonds is 4. The molecule has 4 heteroatoms. The molecular weight excluding hydrogens is 240 g/mol. The molecule has 1 aromatic rings. The Balaban J connectivity index is 2.21. The summed E-state index contributed by atoms with van der Waals surface area (Å²) in [7, 11) is 5.41. The van der Waals surface area contributed by atoms with Crippen molar-refractivity contribution in [3.63, 3.8) is 0 Å². The first-order valence-corrected chi connectivity index (χ1v) is 6.65. The van der Waals surface area contributed by atoms with Crippen LogP contribution >= 0.6 is 0 Å². The van der Waals surface area contributed by atoms with E-state index in [1.54, 1.807) is 14.2 Å². The minimum Gasteiger partial charge on any atom is -0.493 e. The fraction of sp³-hybridized carbons (Fsp3) is 0.533. The van der Waals surface area contributed by atoms with Gasteiger partial charge in [0.05, 0.1) is 26.1 Å². The van der Waals surface area contributed by atoms with Crippen molar-refractivity contribution in [1.29, 1.82) is 0 Å². The Morgan fingerprint density at radius 3 is 2.53 bits per heavy atom. The summed E-state index contributed by atoms with van der Waals surface area (Å²) in [6.07, 6.45) is 2.28. The molecular formula is C15H22N2O2. The van der Waals surface area contributed by atoms with Gasteiger partial charge in [-0.05, 0) is 31.0 Å². The smallest absolute Gasteiger partial charge is 0.161 e. The molecule has 0 aliphatic carbocycles. The summed E-state index contributed by atoms with van der Waals surface area (Å²) in [5, 5.41) is 0. The Labute approximate surface area is 115 Å². The molecule has 0 bridgehead atoms. The average Bonchev–Trinajstić information content (AvgIpc) is 2.83. The van der Waals surface area contributed by atoms with Crippen LogP contribution in [0.3, 0.4) is 0 Å². The van der Waals surface area contributed by atoms with Crippen LogP contribution in [0, 0.1) is 0 Å². The third kappa shape index (κ3) is 3.00. The molecule has 1 aliphatic heterocycles. The van der Waals surface area contributed by atoms with Gasteiger partial charge in [-0.2, -0.15) is 0 Å². The normalized spacial score (nSPS) is 18.7. The number of hydrogen-bond donors (Lipinski definition) is 0. The first kappa shape index (κ1) is 13.7. The first-order valence-electron chi connectivity index (χ1n) is 6.65. The quantitative estimate of drug-likeness (QED) is 0.836. The maximum absolute atomic E-state index is 5.33. The van der Waals surface area contributed by atoms with Crippen molar-refractivity contribution in [2.45, 2.75) is 25.8 Å². The predicted molar refractivity (Wildman–Crippen MR) is 77.3 cm³/mol. The molecule has 1 aromatic carbocycles. The summed E-state index contributed by atoms with van der Waals surface area (Å²) < 4.78 is 10.6.